The molecule has 3 unspecified atom stereocenters. The maximum absolute atomic E-state index is 12.6. The number of terminal acetylenes is 1. The van der Waals surface area contributed by atoms with Crippen LogP contribution in [0.25, 0.3) is 0 Å². The lowest BCUT2D eigenvalue weighted by atomic mass is 10.1. The molecule has 2 aromatic carbocycles. The number of amides is 3. The Morgan fingerprint density at radius 3 is 2.30 bits per heavy atom. The van der Waals surface area contributed by atoms with Crippen molar-refractivity contribution in [1.82, 2.24) is 16.0 Å². The van der Waals surface area contributed by atoms with Crippen LogP contribution in [0, 0.1) is 12.3 Å². The number of hydrogen-bond acceptors (Lipinski definition) is 9. The fourth-order valence-corrected chi connectivity index (χ4v) is 9.76. The van der Waals surface area contributed by atoms with E-state index >= 15 is 0 Å². The highest BCUT2D eigenvalue weighted by atomic mass is 32.9. The van der Waals surface area contributed by atoms with Gasteiger partial charge in [-0.15, -0.1) is 6.42 Å². The van der Waals surface area contributed by atoms with Gasteiger partial charge in [-0.3, -0.25) is 18.9 Å². The van der Waals surface area contributed by atoms with Gasteiger partial charge >= 0.3 is 0 Å². The number of azo groups is 1. The highest BCUT2D eigenvalue weighted by Gasteiger charge is 2.22. The first kappa shape index (κ1) is 36.9. The molecule has 0 aliphatic carbocycles. The van der Waals surface area contributed by atoms with Crippen molar-refractivity contribution in [2.45, 2.75) is 31.7 Å². The zero-order chi connectivity index (χ0) is 32.4. The standard InChI is InChI=1S/C29H41N7O5P2S/c1-4-18-31-29(39)26(7-5-6-17-30)33-27(37)16-21-44-43(40,41)42-20-19-32-28(38)22-8-10-23(11-9-22)34-35-24-12-14-25(15-13-24)36(2)3/h1,8-15,26,42H,5-7,16-21,30H2,2-3H3,(H,31,39)(H,32,38)(H,33,37)(H,40,41). The molecule has 44 heavy (non-hydrogen) atoms. The number of nitrogens with one attached hydrogen (secondary N) is 3. The fourth-order valence-electron chi connectivity index (χ4n) is 3.68. The number of nitrogens with zero attached hydrogens (tertiary/aromatic N) is 3. The first-order chi connectivity index (χ1) is 21.0. The van der Waals surface area contributed by atoms with Crippen molar-refractivity contribution in [3.8, 4) is 12.3 Å². The zero-order valence-corrected chi connectivity index (χ0v) is 27.7. The Balaban J connectivity index is 1.71. The maximum Gasteiger partial charge on any atom is 0.271 e. The van der Waals surface area contributed by atoms with Crippen LogP contribution in [0.4, 0.5) is 17.1 Å². The van der Waals surface area contributed by atoms with E-state index in [-0.39, 0.29) is 45.3 Å². The van der Waals surface area contributed by atoms with Gasteiger partial charge in [0, 0.05) is 44.1 Å². The molecule has 3 atom stereocenters. The minimum atomic E-state index is -3.55. The predicted octanol–water partition coefficient (Wildman–Crippen LogP) is 4.16. The summed E-state index contributed by atoms with van der Waals surface area (Å²) < 4.78 is 12.6. The van der Waals surface area contributed by atoms with Gasteiger partial charge in [0.25, 0.3) is 12.2 Å². The van der Waals surface area contributed by atoms with Crippen molar-refractivity contribution >= 4 is 60.7 Å². The van der Waals surface area contributed by atoms with Crippen molar-refractivity contribution in [3.63, 3.8) is 0 Å². The molecule has 12 nitrogen and oxygen atoms in total. The molecule has 0 fully saturated rings. The molecule has 3 amide bonds. The highest BCUT2D eigenvalue weighted by Crippen LogP contribution is 2.69. The number of anilines is 1. The molecular weight excluding hydrogens is 620 g/mol. The minimum absolute atomic E-state index is 0.0233. The lowest BCUT2D eigenvalue weighted by Crippen LogP contribution is -2.47. The van der Waals surface area contributed by atoms with Crippen molar-refractivity contribution in [1.29, 1.82) is 0 Å². The third-order valence-electron chi connectivity index (χ3n) is 6.06. The normalized spacial score (nSPS) is 13.2. The summed E-state index contributed by atoms with van der Waals surface area (Å²) in [5.41, 5.74) is 8.31. The lowest BCUT2D eigenvalue weighted by molar-refractivity contribution is -0.128. The topological polar surface area (TPSA) is 179 Å². The Bertz CT molecular complexity index is 1340. The summed E-state index contributed by atoms with van der Waals surface area (Å²) in [4.78, 5) is 49.4. The van der Waals surface area contributed by atoms with Gasteiger partial charge < -0.3 is 31.5 Å². The number of hydrogen-bond donors (Lipinski definition) is 5. The van der Waals surface area contributed by atoms with Crippen LogP contribution >= 0.6 is 25.9 Å². The van der Waals surface area contributed by atoms with E-state index in [2.05, 4.69) is 32.1 Å². The van der Waals surface area contributed by atoms with Gasteiger partial charge in [-0.25, -0.2) is 0 Å². The van der Waals surface area contributed by atoms with Gasteiger partial charge in [0.15, 0.2) is 0 Å². The Morgan fingerprint density at radius 1 is 1.07 bits per heavy atom. The Labute approximate surface area is 264 Å². The van der Waals surface area contributed by atoms with Crippen molar-refractivity contribution in [3.05, 3.63) is 54.1 Å². The van der Waals surface area contributed by atoms with Crippen LogP contribution in [0.1, 0.15) is 36.0 Å². The Hall–Kier alpha value is -3.26. The summed E-state index contributed by atoms with van der Waals surface area (Å²) in [6.45, 7) is 0.762. The average molecular weight is 662 g/mol. The van der Waals surface area contributed by atoms with Gasteiger partial charge in [-0.2, -0.15) is 10.2 Å². The highest BCUT2D eigenvalue weighted by molar-refractivity contribution is 8.74. The summed E-state index contributed by atoms with van der Waals surface area (Å²) in [6, 6.07) is 13.6. The summed E-state index contributed by atoms with van der Waals surface area (Å²) >= 11 is 0.824. The molecule has 6 N–H and O–H groups in total. The third kappa shape index (κ3) is 14.5. The SMILES string of the molecule is C#CCNC(=O)C(CCCCN)NC(=O)CCSP(=O)(O)PCCNC(=O)c1ccc(N=Nc2ccc(N(C)C)cc2)cc1. The predicted molar refractivity (Wildman–Crippen MR) is 180 cm³/mol. The molecule has 2 rings (SSSR count). The van der Waals surface area contributed by atoms with Crippen LogP contribution < -0.4 is 26.6 Å². The van der Waals surface area contributed by atoms with Gasteiger partial charge in [0.05, 0.1) is 17.9 Å². The molecule has 238 valence electrons. The van der Waals surface area contributed by atoms with E-state index in [1.807, 2.05) is 43.3 Å². The summed E-state index contributed by atoms with van der Waals surface area (Å²) in [5, 5.41) is 16.4. The van der Waals surface area contributed by atoms with Crippen molar-refractivity contribution in [2.75, 3.05) is 50.5 Å². The number of carbonyl (C=O) groups excluding carboxylic acids is 3. The Kier molecular flexibility index (Phi) is 16.7. The lowest BCUT2D eigenvalue weighted by Gasteiger charge is -2.18. The second kappa shape index (κ2) is 19.9. The van der Waals surface area contributed by atoms with Crippen LogP contribution in [-0.2, 0) is 14.2 Å². The van der Waals surface area contributed by atoms with Gasteiger partial charge in [0.2, 0.25) is 11.8 Å². The monoisotopic (exact) mass is 661 g/mol. The number of unbranched alkanes of at least 4 members (excludes halogenated alkanes) is 1. The van der Waals surface area contributed by atoms with E-state index in [0.717, 1.165) is 17.1 Å². The van der Waals surface area contributed by atoms with Crippen LogP contribution in [0.2, 0.25) is 0 Å². The molecule has 0 aliphatic rings. The molecule has 0 aliphatic heterocycles. The summed E-state index contributed by atoms with van der Waals surface area (Å²) in [6.07, 6.45) is 3.72. The van der Waals surface area contributed by atoms with Crippen LogP contribution in [0.5, 0.6) is 0 Å². The first-order valence-electron chi connectivity index (χ1n) is 14.0. The van der Waals surface area contributed by atoms with E-state index in [1.54, 1.807) is 24.3 Å². The molecule has 2 aromatic rings. The number of rotatable bonds is 19. The van der Waals surface area contributed by atoms with Crippen LogP contribution in [0.15, 0.2) is 58.8 Å². The zero-order valence-electron chi connectivity index (χ0n) is 25.0. The third-order valence-corrected chi connectivity index (χ3v) is 13.5. The van der Waals surface area contributed by atoms with Crippen molar-refractivity contribution < 1.29 is 23.8 Å². The van der Waals surface area contributed by atoms with E-state index in [4.69, 9.17) is 12.2 Å². The number of benzene rings is 2. The molecule has 0 bridgehead atoms. The summed E-state index contributed by atoms with van der Waals surface area (Å²) in [5.74, 6) is 1.36. The maximum atomic E-state index is 12.6. The van der Waals surface area contributed by atoms with Crippen LogP contribution in [-0.4, -0.2) is 74.3 Å². The first-order valence-corrected chi connectivity index (χ1v) is 19.3. The fraction of sp³-hybridized carbons (Fsp3) is 0.414. The Morgan fingerprint density at radius 2 is 1.70 bits per heavy atom. The molecule has 0 aromatic heterocycles. The largest absolute Gasteiger partial charge is 0.378 e. The van der Waals surface area contributed by atoms with E-state index in [0.29, 0.717) is 48.9 Å². The second-order valence-electron chi connectivity index (χ2n) is 9.75. The molecule has 0 heterocycles. The quantitative estimate of drug-likeness (QED) is 0.0645. The van der Waals surface area contributed by atoms with Crippen LogP contribution in [0.3, 0.4) is 0 Å². The van der Waals surface area contributed by atoms with Gasteiger partial charge in [-0.05, 0) is 88.8 Å². The van der Waals surface area contributed by atoms with Gasteiger partial charge in [-0.1, -0.05) is 17.3 Å². The minimum Gasteiger partial charge on any atom is -0.378 e. The van der Waals surface area contributed by atoms with Gasteiger partial charge in [0.1, 0.15) is 6.04 Å². The average Bonchev–Trinajstić information content (AvgIpc) is 3.00. The molecule has 0 spiro atoms. The number of carbonyl (C=O) groups is 3. The number of nitrogens with two attached hydrogens (primary N) is 1. The summed E-state index contributed by atoms with van der Waals surface area (Å²) in [7, 11) is 3.62. The van der Waals surface area contributed by atoms with E-state index in [1.165, 1.54) is 0 Å². The molecular formula is C29H41N7O5P2S. The molecule has 0 saturated heterocycles. The molecule has 0 radical (unpaired) electrons. The van der Waals surface area contributed by atoms with Crippen molar-refractivity contribution in [2.24, 2.45) is 16.0 Å². The molecule has 15 heteroatoms. The second-order valence-corrected chi connectivity index (χ2v) is 18.3. The molecule has 0 saturated carbocycles. The van der Waals surface area contributed by atoms with E-state index < -0.39 is 18.2 Å². The van der Waals surface area contributed by atoms with E-state index in [9.17, 15) is 23.8 Å². The smallest absolute Gasteiger partial charge is 0.271 e.